The van der Waals surface area contributed by atoms with E-state index in [1.807, 2.05) is 13.8 Å². The van der Waals surface area contributed by atoms with Crippen LogP contribution in [0.25, 0.3) is 0 Å². The van der Waals surface area contributed by atoms with Crippen molar-refractivity contribution in [2.75, 3.05) is 0 Å². The third kappa shape index (κ3) is 3.30. The highest BCUT2D eigenvalue weighted by molar-refractivity contribution is 6.00. The summed E-state index contributed by atoms with van der Waals surface area (Å²) in [6.45, 7) is 5.76. The molecule has 3 atom stereocenters. The number of hydrogen-bond donors (Lipinski definition) is 1. The normalized spacial score (nSPS) is 30.3. The summed E-state index contributed by atoms with van der Waals surface area (Å²) in [6.07, 6.45) is 0.255. The van der Waals surface area contributed by atoms with Crippen LogP contribution in [0.2, 0.25) is 0 Å². The first-order valence-electron chi connectivity index (χ1n) is 5.83. The predicted molar refractivity (Wildman–Crippen MR) is 58.7 cm³/mol. The molecule has 0 bridgehead atoms. The Labute approximate surface area is 96.0 Å². The van der Waals surface area contributed by atoms with Gasteiger partial charge in [-0.3, -0.25) is 9.59 Å². The van der Waals surface area contributed by atoms with Crippen LogP contribution in [0.1, 0.15) is 40.0 Å². The summed E-state index contributed by atoms with van der Waals surface area (Å²) in [4.78, 5) is 23.3. The lowest BCUT2D eigenvalue weighted by molar-refractivity contribution is -0.171. The lowest BCUT2D eigenvalue weighted by Gasteiger charge is -2.29. The van der Waals surface area contributed by atoms with Crippen molar-refractivity contribution in [2.45, 2.75) is 52.2 Å². The van der Waals surface area contributed by atoms with Crippen molar-refractivity contribution in [3.05, 3.63) is 0 Å². The number of ether oxygens (including phenoxy) is 1. The third-order valence-corrected chi connectivity index (χ3v) is 2.84. The maximum Gasteiger partial charge on any atom is 0.319 e. The van der Waals surface area contributed by atoms with Crippen molar-refractivity contribution >= 4 is 11.8 Å². The molecule has 0 amide bonds. The summed E-state index contributed by atoms with van der Waals surface area (Å²) in [5.41, 5.74) is 0. The molecule has 1 saturated heterocycles. The highest BCUT2D eigenvalue weighted by Gasteiger charge is 2.40. The number of esters is 1. The molecule has 0 aromatic rings. The fraction of sp³-hybridized carbons (Fsp3) is 0.833. The first-order valence-corrected chi connectivity index (χ1v) is 5.83. The molecule has 0 aliphatic carbocycles. The Balaban J connectivity index is 2.57. The number of rotatable bonds is 4. The number of cyclic esters (lactones) is 1. The zero-order valence-corrected chi connectivity index (χ0v) is 10.1. The van der Waals surface area contributed by atoms with Crippen LogP contribution in [0.15, 0.2) is 0 Å². The Hall–Kier alpha value is -0.900. The molecule has 0 saturated carbocycles. The molecule has 0 spiro atoms. The molecular weight excluding hydrogens is 208 g/mol. The summed E-state index contributed by atoms with van der Waals surface area (Å²) in [5, 5.41) is 9.72. The van der Waals surface area contributed by atoms with Crippen molar-refractivity contribution in [1.82, 2.24) is 0 Å². The molecule has 1 rings (SSSR count). The third-order valence-electron chi connectivity index (χ3n) is 2.84. The average molecular weight is 228 g/mol. The zero-order valence-electron chi connectivity index (χ0n) is 10.1. The first kappa shape index (κ1) is 13.2. The summed E-state index contributed by atoms with van der Waals surface area (Å²) in [7, 11) is 0. The molecule has 0 aromatic heterocycles. The molecule has 3 unspecified atom stereocenters. The van der Waals surface area contributed by atoms with Gasteiger partial charge in [-0.2, -0.15) is 0 Å². The molecule has 1 N–H and O–H groups in total. The van der Waals surface area contributed by atoms with Crippen LogP contribution in [-0.4, -0.2) is 29.1 Å². The zero-order chi connectivity index (χ0) is 12.3. The minimum Gasteiger partial charge on any atom is -0.462 e. The molecule has 4 heteroatoms. The van der Waals surface area contributed by atoms with E-state index in [2.05, 4.69) is 0 Å². The Bertz CT molecular complexity index is 272. The number of carbonyl (C=O) groups excluding carboxylic acids is 2. The van der Waals surface area contributed by atoms with Crippen molar-refractivity contribution in [3.8, 4) is 0 Å². The first-order chi connectivity index (χ1) is 7.41. The minimum atomic E-state index is -0.963. The number of carbonyl (C=O) groups is 2. The summed E-state index contributed by atoms with van der Waals surface area (Å²) in [6, 6.07) is 0. The Kier molecular flexibility index (Phi) is 4.47. The van der Waals surface area contributed by atoms with Gasteiger partial charge < -0.3 is 9.84 Å². The van der Waals surface area contributed by atoms with Crippen LogP contribution in [0.3, 0.4) is 0 Å². The molecule has 0 aromatic carbocycles. The number of Topliss-reactive ketones (excluding diaryl/α,β-unsaturated/α-hetero) is 1. The largest absolute Gasteiger partial charge is 0.462 e. The van der Waals surface area contributed by atoms with E-state index >= 15 is 0 Å². The van der Waals surface area contributed by atoms with E-state index in [1.165, 1.54) is 0 Å². The van der Waals surface area contributed by atoms with Crippen molar-refractivity contribution in [1.29, 1.82) is 0 Å². The van der Waals surface area contributed by atoms with Gasteiger partial charge >= 0.3 is 5.97 Å². The van der Waals surface area contributed by atoms with Gasteiger partial charge in [0.25, 0.3) is 0 Å². The second-order valence-electron chi connectivity index (χ2n) is 4.93. The Morgan fingerprint density at radius 1 is 1.56 bits per heavy atom. The van der Waals surface area contributed by atoms with E-state index in [-0.39, 0.29) is 11.9 Å². The van der Waals surface area contributed by atoms with Gasteiger partial charge in [0, 0.05) is 12.8 Å². The van der Waals surface area contributed by atoms with E-state index in [0.29, 0.717) is 18.8 Å². The minimum absolute atomic E-state index is 0.196. The fourth-order valence-corrected chi connectivity index (χ4v) is 1.89. The lowest BCUT2D eigenvalue weighted by Crippen LogP contribution is -2.44. The summed E-state index contributed by atoms with van der Waals surface area (Å²) >= 11 is 0. The van der Waals surface area contributed by atoms with Gasteiger partial charge in [0.15, 0.2) is 0 Å². The summed E-state index contributed by atoms with van der Waals surface area (Å²) < 4.78 is 4.98. The van der Waals surface area contributed by atoms with Gasteiger partial charge in [-0.05, 0) is 19.3 Å². The molecule has 4 nitrogen and oxygen atoms in total. The SMILES string of the molecule is CC(C)CCC(=O)C1C(=O)OC(C)CC1O. The summed E-state index contributed by atoms with van der Waals surface area (Å²) in [5.74, 6) is -1.31. The molecule has 16 heavy (non-hydrogen) atoms. The van der Waals surface area contributed by atoms with E-state index in [0.717, 1.165) is 6.42 Å². The van der Waals surface area contributed by atoms with Crippen LogP contribution >= 0.6 is 0 Å². The van der Waals surface area contributed by atoms with E-state index in [9.17, 15) is 14.7 Å². The van der Waals surface area contributed by atoms with E-state index in [4.69, 9.17) is 4.74 Å². The number of hydrogen-bond acceptors (Lipinski definition) is 4. The molecule has 1 aliphatic rings. The second-order valence-corrected chi connectivity index (χ2v) is 4.93. The van der Waals surface area contributed by atoms with Crippen molar-refractivity contribution in [3.63, 3.8) is 0 Å². The maximum atomic E-state index is 11.8. The smallest absolute Gasteiger partial charge is 0.319 e. The van der Waals surface area contributed by atoms with E-state index in [1.54, 1.807) is 6.92 Å². The fourth-order valence-electron chi connectivity index (χ4n) is 1.89. The van der Waals surface area contributed by atoms with Gasteiger partial charge in [-0.1, -0.05) is 13.8 Å². The van der Waals surface area contributed by atoms with Gasteiger partial charge in [0.2, 0.25) is 0 Å². The quantitative estimate of drug-likeness (QED) is 0.582. The van der Waals surface area contributed by atoms with Gasteiger partial charge in [0.05, 0.1) is 6.10 Å². The highest BCUT2D eigenvalue weighted by atomic mass is 16.5. The topological polar surface area (TPSA) is 63.6 Å². The Morgan fingerprint density at radius 2 is 2.19 bits per heavy atom. The predicted octanol–water partition coefficient (Wildman–Crippen LogP) is 1.30. The maximum absolute atomic E-state index is 11.8. The van der Waals surface area contributed by atoms with Crippen molar-refractivity contribution in [2.24, 2.45) is 11.8 Å². The van der Waals surface area contributed by atoms with Crippen LogP contribution in [-0.2, 0) is 14.3 Å². The molecular formula is C12H20O4. The highest BCUT2D eigenvalue weighted by Crippen LogP contribution is 2.23. The van der Waals surface area contributed by atoms with Gasteiger partial charge in [-0.25, -0.2) is 0 Å². The molecule has 0 radical (unpaired) electrons. The number of aliphatic hydroxyl groups excluding tert-OH is 1. The van der Waals surface area contributed by atoms with Crippen molar-refractivity contribution < 1.29 is 19.4 Å². The van der Waals surface area contributed by atoms with Crippen LogP contribution in [0, 0.1) is 11.8 Å². The van der Waals surface area contributed by atoms with Gasteiger partial charge in [-0.15, -0.1) is 0 Å². The van der Waals surface area contributed by atoms with Crippen LogP contribution < -0.4 is 0 Å². The molecule has 1 heterocycles. The van der Waals surface area contributed by atoms with E-state index < -0.39 is 18.0 Å². The van der Waals surface area contributed by atoms with Crippen LogP contribution in [0.5, 0.6) is 0 Å². The van der Waals surface area contributed by atoms with Gasteiger partial charge in [0.1, 0.15) is 17.8 Å². The molecule has 92 valence electrons. The van der Waals surface area contributed by atoms with Crippen LogP contribution in [0.4, 0.5) is 0 Å². The Morgan fingerprint density at radius 3 is 2.69 bits per heavy atom. The molecule has 1 fully saturated rings. The monoisotopic (exact) mass is 228 g/mol. The number of ketones is 1. The molecule has 1 aliphatic heterocycles. The lowest BCUT2D eigenvalue weighted by atomic mass is 9.88. The average Bonchev–Trinajstić information content (AvgIpc) is 2.12. The second kappa shape index (κ2) is 5.43. The standard InChI is InChI=1S/C12H20O4/c1-7(2)4-5-9(13)11-10(14)6-8(3)16-12(11)15/h7-8,10-11,14H,4-6H2,1-3H3. The number of aliphatic hydroxyl groups is 1.